The number of likely N-dealkylation sites (tertiary alicyclic amines) is 1. The number of carbonyl (C=O) groups is 1. The second-order valence-corrected chi connectivity index (χ2v) is 9.46. The van der Waals surface area contributed by atoms with Crippen LogP contribution in [0, 0.1) is 12.7 Å². The molecule has 0 saturated carbocycles. The van der Waals surface area contributed by atoms with Crippen molar-refractivity contribution in [3.05, 3.63) is 93.8 Å². The van der Waals surface area contributed by atoms with E-state index >= 15 is 0 Å². The van der Waals surface area contributed by atoms with Gasteiger partial charge in [-0.15, -0.1) is 0 Å². The SMILES string of the molecule is Cc1ccc(F)cc1C(C(=O)O)n1cnc2ccc(-c3ccc(C4CCN(C)CC4)cc3)nc2c1=O. The lowest BCUT2D eigenvalue weighted by atomic mass is 9.89. The van der Waals surface area contributed by atoms with E-state index in [4.69, 9.17) is 0 Å². The van der Waals surface area contributed by atoms with Crippen LogP contribution in [0.5, 0.6) is 0 Å². The Morgan fingerprint density at radius 1 is 1.08 bits per heavy atom. The van der Waals surface area contributed by atoms with Gasteiger partial charge in [0.1, 0.15) is 5.82 Å². The first-order valence-corrected chi connectivity index (χ1v) is 12.0. The average molecular weight is 487 g/mol. The highest BCUT2D eigenvalue weighted by molar-refractivity contribution is 5.79. The first-order chi connectivity index (χ1) is 17.3. The van der Waals surface area contributed by atoms with Gasteiger partial charge in [0.05, 0.1) is 17.5 Å². The largest absolute Gasteiger partial charge is 0.479 e. The summed E-state index contributed by atoms with van der Waals surface area (Å²) in [6.07, 6.45) is 3.45. The molecular formula is C28H27FN4O3. The van der Waals surface area contributed by atoms with E-state index in [0.717, 1.165) is 42.1 Å². The molecule has 0 spiro atoms. The van der Waals surface area contributed by atoms with Gasteiger partial charge in [0, 0.05) is 5.56 Å². The molecule has 7 nitrogen and oxygen atoms in total. The molecule has 2 aromatic heterocycles. The Labute approximate surface area is 207 Å². The number of rotatable bonds is 5. The van der Waals surface area contributed by atoms with Gasteiger partial charge in [-0.2, -0.15) is 0 Å². The predicted molar refractivity (Wildman–Crippen MR) is 136 cm³/mol. The van der Waals surface area contributed by atoms with E-state index in [1.165, 1.54) is 24.0 Å². The van der Waals surface area contributed by atoms with Crippen molar-refractivity contribution in [2.24, 2.45) is 0 Å². The summed E-state index contributed by atoms with van der Waals surface area (Å²) in [6.45, 7) is 3.85. The fraction of sp³-hybridized carbons (Fsp3) is 0.286. The molecule has 4 aromatic rings. The topological polar surface area (TPSA) is 88.3 Å². The van der Waals surface area contributed by atoms with Gasteiger partial charge in [0.15, 0.2) is 11.6 Å². The molecule has 2 aromatic carbocycles. The molecule has 0 amide bonds. The first kappa shape index (κ1) is 23.8. The third-order valence-electron chi connectivity index (χ3n) is 7.08. The highest BCUT2D eigenvalue weighted by atomic mass is 19.1. The van der Waals surface area contributed by atoms with Gasteiger partial charge in [-0.3, -0.25) is 9.36 Å². The van der Waals surface area contributed by atoms with Gasteiger partial charge < -0.3 is 10.0 Å². The van der Waals surface area contributed by atoms with Crippen LogP contribution in [-0.2, 0) is 4.79 Å². The number of aromatic nitrogens is 3. The number of halogens is 1. The van der Waals surface area contributed by atoms with Crippen LogP contribution in [0.2, 0.25) is 0 Å². The molecule has 1 atom stereocenters. The lowest BCUT2D eigenvalue weighted by Crippen LogP contribution is -2.32. The van der Waals surface area contributed by atoms with E-state index in [1.54, 1.807) is 19.1 Å². The van der Waals surface area contributed by atoms with Gasteiger partial charge in [0.25, 0.3) is 5.56 Å². The number of carboxylic acid groups (broad SMARTS) is 1. The fourth-order valence-electron chi connectivity index (χ4n) is 4.93. The maximum atomic E-state index is 13.9. The third kappa shape index (κ3) is 4.52. The van der Waals surface area contributed by atoms with Gasteiger partial charge >= 0.3 is 5.97 Å². The number of nitrogens with zero attached hydrogens (tertiary/aromatic N) is 4. The molecule has 36 heavy (non-hydrogen) atoms. The maximum absolute atomic E-state index is 13.9. The molecule has 0 aliphatic carbocycles. The summed E-state index contributed by atoms with van der Waals surface area (Å²) < 4.78 is 14.9. The minimum Gasteiger partial charge on any atom is -0.479 e. The number of hydrogen-bond donors (Lipinski definition) is 1. The van der Waals surface area contributed by atoms with Crippen LogP contribution in [0.3, 0.4) is 0 Å². The van der Waals surface area contributed by atoms with Crippen LogP contribution in [0.25, 0.3) is 22.3 Å². The minimum atomic E-state index is -1.43. The Morgan fingerprint density at radius 2 is 1.81 bits per heavy atom. The van der Waals surface area contributed by atoms with Gasteiger partial charge in [-0.05, 0) is 86.8 Å². The van der Waals surface area contributed by atoms with Crippen molar-refractivity contribution >= 4 is 17.0 Å². The number of benzene rings is 2. The van der Waals surface area contributed by atoms with E-state index < -0.39 is 23.4 Å². The van der Waals surface area contributed by atoms with Crippen molar-refractivity contribution in [3.8, 4) is 11.3 Å². The van der Waals surface area contributed by atoms with Crippen molar-refractivity contribution < 1.29 is 14.3 Å². The zero-order valence-electron chi connectivity index (χ0n) is 20.2. The summed E-state index contributed by atoms with van der Waals surface area (Å²) in [6, 6.07) is 14.2. The van der Waals surface area contributed by atoms with E-state index in [0.29, 0.717) is 22.7 Å². The summed E-state index contributed by atoms with van der Waals surface area (Å²) >= 11 is 0. The summed E-state index contributed by atoms with van der Waals surface area (Å²) in [5.41, 5.74) is 3.33. The highest BCUT2D eigenvalue weighted by Gasteiger charge is 2.26. The second kappa shape index (κ2) is 9.62. The molecule has 184 valence electrons. The number of fused-ring (bicyclic) bond motifs is 1. The van der Waals surface area contributed by atoms with Gasteiger partial charge in [-0.1, -0.05) is 30.3 Å². The molecule has 1 unspecified atom stereocenters. The molecule has 1 saturated heterocycles. The molecule has 8 heteroatoms. The van der Waals surface area contributed by atoms with Crippen LogP contribution in [0.4, 0.5) is 4.39 Å². The number of aryl methyl sites for hydroxylation is 1. The quantitative estimate of drug-likeness (QED) is 0.450. The number of hydrogen-bond acceptors (Lipinski definition) is 5. The Hall–Kier alpha value is -3.91. The molecular weight excluding hydrogens is 459 g/mol. The van der Waals surface area contributed by atoms with Crippen LogP contribution in [-0.4, -0.2) is 50.6 Å². The normalized spacial score (nSPS) is 15.8. The monoisotopic (exact) mass is 486 g/mol. The molecule has 1 aliphatic heterocycles. The molecule has 1 fully saturated rings. The van der Waals surface area contributed by atoms with Crippen LogP contribution >= 0.6 is 0 Å². The molecule has 3 heterocycles. The molecule has 1 N–H and O–H groups in total. The van der Waals surface area contributed by atoms with E-state index in [2.05, 4.69) is 34.0 Å². The Morgan fingerprint density at radius 3 is 2.50 bits per heavy atom. The molecule has 0 radical (unpaired) electrons. The smallest absolute Gasteiger partial charge is 0.331 e. The number of piperidine rings is 1. The Bertz CT molecular complexity index is 1490. The van der Waals surface area contributed by atoms with Crippen molar-refractivity contribution in [1.29, 1.82) is 0 Å². The number of carboxylic acids is 1. The summed E-state index contributed by atoms with van der Waals surface area (Å²) in [7, 11) is 2.14. The van der Waals surface area contributed by atoms with Crippen LogP contribution in [0.15, 0.2) is 65.7 Å². The van der Waals surface area contributed by atoms with Crippen molar-refractivity contribution in [2.45, 2.75) is 31.7 Å². The predicted octanol–water partition coefficient (Wildman–Crippen LogP) is 4.39. The zero-order chi connectivity index (χ0) is 25.4. The molecule has 5 rings (SSSR count). The Kier molecular flexibility index (Phi) is 6.36. The second-order valence-electron chi connectivity index (χ2n) is 9.46. The van der Waals surface area contributed by atoms with E-state index in [-0.39, 0.29) is 11.1 Å². The van der Waals surface area contributed by atoms with Crippen LogP contribution in [0.1, 0.15) is 41.5 Å². The van der Waals surface area contributed by atoms with Crippen molar-refractivity contribution in [1.82, 2.24) is 19.4 Å². The van der Waals surface area contributed by atoms with Crippen molar-refractivity contribution in [3.63, 3.8) is 0 Å². The minimum absolute atomic E-state index is 0.0645. The molecule has 0 bridgehead atoms. The molecule has 1 aliphatic rings. The third-order valence-corrected chi connectivity index (χ3v) is 7.08. The maximum Gasteiger partial charge on any atom is 0.331 e. The van der Waals surface area contributed by atoms with E-state index in [9.17, 15) is 19.1 Å². The lowest BCUT2D eigenvalue weighted by Gasteiger charge is -2.29. The Balaban J connectivity index is 1.52. The summed E-state index contributed by atoms with van der Waals surface area (Å²) in [5, 5.41) is 9.94. The van der Waals surface area contributed by atoms with Crippen LogP contribution < -0.4 is 5.56 Å². The summed E-state index contributed by atoms with van der Waals surface area (Å²) in [5.74, 6) is -1.32. The number of pyridine rings is 1. The van der Waals surface area contributed by atoms with Gasteiger partial charge in [0.2, 0.25) is 0 Å². The average Bonchev–Trinajstić information content (AvgIpc) is 2.88. The standard InChI is InChI=1S/C28H27FN4O3/c1-17-3-8-21(29)15-22(17)26(28(35)36)33-16-30-24-10-9-23(31-25(24)27(33)34)20-6-4-18(5-7-20)19-11-13-32(2)14-12-19/h3-10,15-16,19,26H,11-14H2,1-2H3,(H,35,36). The van der Waals surface area contributed by atoms with Crippen molar-refractivity contribution in [2.75, 3.05) is 20.1 Å². The number of aliphatic carboxylic acids is 1. The zero-order valence-corrected chi connectivity index (χ0v) is 20.2. The summed E-state index contributed by atoms with van der Waals surface area (Å²) in [4.78, 5) is 36.8. The fourth-order valence-corrected chi connectivity index (χ4v) is 4.93. The van der Waals surface area contributed by atoms with E-state index in [1.807, 2.05) is 12.1 Å². The highest BCUT2D eigenvalue weighted by Crippen LogP contribution is 2.29. The first-order valence-electron chi connectivity index (χ1n) is 12.0. The van der Waals surface area contributed by atoms with Gasteiger partial charge in [-0.25, -0.2) is 19.2 Å². The lowest BCUT2D eigenvalue weighted by molar-refractivity contribution is -0.139.